The second kappa shape index (κ2) is 5.74. The third kappa shape index (κ3) is 4.26. The topological polar surface area (TPSA) is 145 Å². The summed E-state index contributed by atoms with van der Waals surface area (Å²) in [6.45, 7) is 0. The van der Waals surface area contributed by atoms with E-state index < -0.39 is 11.7 Å². The first-order valence-electron chi connectivity index (χ1n) is 6.15. The van der Waals surface area contributed by atoms with Crippen LogP contribution in [0.15, 0.2) is 58.3 Å². The van der Waals surface area contributed by atoms with Gasteiger partial charge in [0.15, 0.2) is 11.7 Å². The molecule has 0 aliphatic carbocycles. The Morgan fingerprint density at radius 2 is 0.905 bits per heavy atom. The van der Waals surface area contributed by atoms with Crippen molar-refractivity contribution in [2.45, 2.75) is 21.5 Å². The van der Waals surface area contributed by atoms with Gasteiger partial charge in [-0.25, -0.2) is 0 Å². The standard InChI is InChI=1S/C14H18N4O2S/c15-13(16,19)9-1-5-11(6-2-9)21-12-7-3-10(4-8-12)14(17,18)20/h1-8,19-20H,15-18H2. The lowest BCUT2D eigenvalue weighted by molar-refractivity contribution is 0.0502. The summed E-state index contributed by atoms with van der Waals surface area (Å²) < 4.78 is 0. The molecule has 0 saturated carbocycles. The van der Waals surface area contributed by atoms with Crippen molar-refractivity contribution in [2.24, 2.45) is 22.9 Å². The highest BCUT2D eigenvalue weighted by Gasteiger charge is 2.17. The molecule has 0 aliphatic heterocycles. The summed E-state index contributed by atoms with van der Waals surface area (Å²) in [5.74, 6) is -3.67. The largest absolute Gasteiger partial charge is 0.360 e. The van der Waals surface area contributed by atoms with Gasteiger partial charge in [0.2, 0.25) is 0 Å². The fraction of sp³-hybridized carbons (Fsp3) is 0.143. The molecule has 0 spiro atoms. The molecule has 0 aromatic heterocycles. The first-order chi connectivity index (χ1) is 9.66. The van der Waals surface area contributed by atoms with Crippen LogP contribution in [0.1, 0.15) is 11.1 Å². The number of benzene rings is 2. The van der Waals surface area contributed by atoms with Crippen molar-refractivity contribution in [3.63, 3.8) is 0 Å². The average Bonchev–Trinajstić information content (AvgIpc) is 2.38. The average molecular weight is 306 g/mol. The van der Waals surface area contributed by atoms with Gasteiger partial charge in [-0.3, -0.25) is 22.9 Å². The van der Waals surface area contributed by atoms with Crippen LogP contribution < -0.4 is 22.9 Å². The van der Waals surface area contributed by atoms with Crippen LogP contribution in [0.25, 0.3) is 0 Å². The summed E-state index contributed by atoms with van der Waals surface area (Å²) >= 11 is 1.50. The van der Waals surface area contributed by atoms with Gasteiger partial charge in [0.05, 0.1) is 0 Å². The van der Waals surface area contributed by atoms with Gasteiger partial charge >= 0.3 is 0 Å². The van der Waals surface area contributed by atoms with Gasteiger partial charge in [-0.05, 0) is 24.3 Å². The Labute approximate surface area is 126 Å². The van der Waals surface area contributed by atoms with E-state index in [1.807, 2.05) is 0 Å². The molecule has 0 bridgehead atoms. The zero-order valence-corrected chi connectivity index (χ0v) is 12.0. The van der Waals surface area contributed by atoms with E-state index in [-0.39, 0.29) is 0 Å². The lowest BCUT2D eigenvalue weighted by atomic mass is 10.1. The minimum absolute atomic E-state index is 0.429. The molecule has 0 fully saturated rings. The fourth-order valence-corrected chi connectivity index (χ4v) is 2.53. The highest BCUT2D eigenvalue weighted by molar-refractivity contribution is 7.99. The summed E-state index contributed by atoms with van der Waals surface area (Å²) in [6, 6.07) is 13.9. The van der Waals surface area contributed by atoms with Crippen molar-refractivity contribution in [2.75, 3.05) is 0 Å². The van der Waals surface area contributed by atoms with Crippen LogP contribution in [-0.2, 0) is 11.7 Å². The van der Waals surface area contributed by atoms with Crippen LogP contribution >= 0.6 is 11.8 Å². The summed E-state index contributed by atoms with van der Waals surface area (Å²) in [7, 11) is 0. The molecule has 0 heterocycles. The molecular formula is C14H18N4O2S. The molecule has 10 N–H and O–H groups in total. The lowest BCUT2D eigenvalue weighted by Gasteiger charge is -2.18. The molecule has 0 saturated heterocycles. The number of hydrogen-bond acceptors (Lipinski definition) is 7. The van der Waals surface area contributed by atoms with E-state index in [4.69, 9.17) is 22.9 Å². The summed E-state index contributed by atoms with van der Waals surface area (Å²) in [6.07, 6.45) is 0. The SMILES string of the molecule is NC(N)(O)c1ccc(Sc2ccc(C(N)(N)O)cc2)cc1. The van der Waals surface area contributed by atoms with Crippen LogP contribution in [-0.4, -0.2) is 10.2 Å². The summed E-state index contributed by atoms with van der Waals surface area (Å²) in [5.41, 5.74) is 22.4. The molecule has 2 aromatic rings. The molecule has 6 nitrogen and oxygen atoms in total. The molecule has 0 aliphatic rings. The van der Waals surface area contributed by atoms with Gasteiger partial charge in [-0.2, -0.15) is 0 Å². The molecule has 0 amide bonds. The molecule has 0 radical (unpaired) electrons. The second-order valence-corrected chi connectivity index (χ2v) is 5.95. The van der Waals surface area contributed by atoms with Crippen LogP contribution in [0.2, 0.25) is 0 Å². The van der Waals surface area contributed by atoms with Gasteiger partial charge in [-0.1, -0.05) is 36.0 Å². The second-order valence-electron chi connectivity index (χ2n) is 4.80. The number of rotatable bonds is 4. The Bertz CT molecular complexity index is 545. The zero-order valence-electron chi connectivity index (χ0n) is 11.2. The fourth-order valence-electron chi connectivity index (χ4n) is 1.72. The Morgan fingerprint density at radius 3 is 1.14 bits per heavy atom. The van der Waals surface area contributed by atoms with E-state index in [9.17, 15) is 10.2 Å². The van der Waals surface area contributed by atoms with E-state index in [1.165, 1.54) is 11.8 Å². The predicted molar refractivity (Wildman–Crippen MR) is 81.6 cm³/mol. The van der Waals surface area contributed by atoms with E-state index in [1.54, 1.807) is 48.5 Å². The first kappa shape index (κ1) is 15.9. The minimum Gasteiger partial charge on any atom is -0.360 e. The summed E-state index contributed by atoms with van der Waals surface area (Å²) in [4.78, 5) is 1.90. The van der Waals surface area contributed by atoms with Crippen molar-refractivity contribution in [1.29, 1.82) is 0 Å². The van der Waals surface area contributed by atoms with Crippen molar-refractivity contribution >= 4 is 11.8 Å². The van der Waals surface area contributed by atoms with Gasteiger partial charge < -0.3 is 10.2 Å². The molecule has 0 unspecified atom stereocenters. The Kier molecular flexibility index (Phi) is 4.35. The molecule has 7 heteroatoms. The van der Waals surface area contributed by atoms with E-state index >= 15 is 0 Å². The van der Waals surface area contributed by atoms with Gasteiger partial charge in [-0.15, -0.1) is 0 Å². The Hall–Kier alpha value is -1.45. The predicted octanol–water partition coefficient (Wildman–Crippen LogP) is -0.122. The molecule has 2 aromatic carbocycles. The maximum atomic E-state index is 9.48. The quantitative estimate of drug-likeness (QED) is 0.432. The van der Waals surface area contributed by atoms with Gasteiger partial charge in [0.25, 0.3) is 0 Å². The number of nitrogens with two attached hydrogens (primary N) is 4. The van der Waals surface area contributed by atoms with Crippen molar-refractivity contribution in [3.8, 4) is 0 Å². The molecule has 112 valence electrons. The van der Waals surface area contributed by atoms with Gasteiger partial charge in [0, 0.05) is 20.9 Å². The Morgan fingerprint density at radius 1 is 0.619 bits per heavy atom. The maximum absolute atomic E-state index is 9.48. The smallest absolute Gasteiger partial charge is 0.194 e. The van der Waals surface area contributed by atoms with Crippen molar-refractivity contribution < 1.29 is 10.2 Å². The van der Waals surface area contributed by atoms with Crippen LogP contribution in [0, 0.1) is 0 Å². The minimum atomic E-state index is -1.84. The maximum Gasteiger partial charge on any atom is 0.194 e. The molecule has 0 atom stereocenters. The highest BCUT2D eigenvalue weighted by atomic mass is 32.2. The zero-order chi connectivity index (χ0) is 15.7. The molecular weight excluding hydrogens is 288 g/mol. The van der Waals surface area contributed by atoms with Crippen molar-refractivity contribution in [3.05, 3.63) is 59.7 Å². The lowest BCUT2D eigenvalue weighted by Crippen LogP contribution is -2.45. The van der Waals surface area contributed by atoms with Crippen molar-refractivity contribution in [1.82, 2.24) is 0 Å². The summed E-state index contributed by atoms with van der Waals surface area (Å²) in [5, 5.41) is 19.0. The third-order valence-corrected chi connectivity index (χ3v) is 3.88. The molecule has 21 heavy (non-hydrogen) atoms. The monoisotopic (exact) mass is 306 g/mol. The van der Waals surface area contributed by atoms with Gasteiger partial charge in [0.1, 0.15) is 0 Å². The van der Waals surface area contributed by atoms with E-state index in [0.29, 0.717) is 11.1 Å². The van der Waals surface area contributed by atoms with Crippen LogP contribution in [0.3, 0.4) is 0 Å². The highest BCUT2D eigenvalue weighted by Crippen LogP contribution is 2.29. The Balaban J connectivity index is 2.12. The third-order valence-electron chi connectivity index (χ3n) is 2.87. The first-order valence-corrected chi connectivity index (χ1v) is 6.97. The van der Waals surface area contributed by atoms with Crippen LogP contribution in [0.4, 0.5) is 0 Å². The normalized spacial score (nSPS) is 12.5. The van der Waals surface area contributed by atoms with E-state index in [0.717, 1.165) is 9.79 Å². The number of aliphatic hydroxyl groups is 2. The molecule has 2 rings (SSSR count). The van der Waals surface area contributed by atoms with Crippen LogP contribution in [0.5, 0.6) is 0 Å². The number of hydrogen-bond donors (Lipinski definition) is 6. The van der Waals surface area contributed by atoms with E-state index in [2.05, 4.69) is 0 Å².